The van der Waals surface area contributed by atoms with Gasteiger partial charge in [-0.1, -0.05) is 0 Å². The standard InChI is InChI=1S/C16H28N4O/c1-12-10-20(11-16(5,6)21-12)14-8-7-13(18-19-14)9-17-15(2,3)4/h7-8,12,17H,9-11H2,1-6H3. The van der Waals surface area contributed by atoms with Crippen molar-refractivity contribution in [1.82, 2.24) is 15.5 Å². The minimum absolute atomic E-state index is 0.0873. The molecular formula is C16H28N4O. The van der Waals surface area contributed by atoms with Gasteiger partial charge in [0.1, 0.15) is 0 Å². The summed E-state index contributed by atoms with van der Waals surface area (Å²) in [5.74, 6) is 0.928. The van der Waals surface area contributed by atoms with Gasteiger partial charge in [-0.3, -0.25) is 0 Å². The molecule has 1 aromatic heterocycles. The third kappa shape index (κ3) is 4.93. The Bertz CT molecular complexity index is 464. The number of anilines is 1. The molecule has 1 aliphatic rings. The van der Waals surface area contributed by atoms with Gasteiger partial charge in [-0.25, -0.2) is 0 Å². The van der Waals surface area contributed by atoms with E-state index in [9.17, 15) is 0 Å². The van der Waals surface area contributed by atoms with Crippen LogP contribution in [0.5, 0.6) is 0 Å². The van der Waals surface area contributed by atoms with Crippen LogP contribution in [-0.4, -0.2) is 40.5 Å². The van der Waals surface area contributed by atoms with Gasteiger partial charge in [0.2, 0.25) is 0 Å². The first-order valence-electron chi connectivity index (χ1n) is 7.65. The molecule has 5 heteroatoms. The van der Waals surface area contributed by atoms with Crippen LogP contribution in [0.4, 0.5) is 5.82 Å². The van der Waals surface area contributed by atoms with E-state index in [0.29, 0.717) is 0 Å². The van der Waals surface area contributed by atoms with Gasteiger partial charge in [0, 0.05) is 25.2 Å². The monoisotopic (exact) mass is 292 g/mol. The van der Waals surface area contributed by atoms with E-state index in [1.807, 2.05) is 6.07 Å². The van der Waals surface area contributed by atoms with Crippen LogP contribution in [0.2, 0.25) is 0 Å². The number of ether oxygens (including phenoxy) is 1. The van der Waals surface area contributed by atoms with E-state index >= 15 is 0 Å². The van der Waals surface area contributed by atoms with Crippen LogP contribution >= 0.6 is 0 Å². The summed E-state index contributed by atoms with van der Waals surface area (Å²) in [6, 6.07) is 4.11. The Morgan fingerprint density at radius 3 is 2.57 bits per heavy atom. The predicted octanol–water partition coefficient (Wildman–Crippen LogP) is 2.37. The number of rotatable bonds is 3. The number of nitrogens with one attached hydrogen (secondary N) is 1. The fraction of sp³-hybridized carbons (Fsp3) is 0.750. The van der Waals surface area contributed by atoms with Gasteiger partial charge < -0.3 is 15.0 Å². The van der Waals surface area contributed by atoms with Crippen molar-refractivity contribution in [1.29, 1.82) is 0 Å². The fourth-order valence-electron chi connectivity index (χ4n) is 2.60. The molecule has 21 heavy (non-hydrogen) atoms. The van der Waals surface area contributed by atoms with Crippen LogP contribution in [0, 0.1) is 0 Å². The van der Waals surface area contributed by atoms with E-state index in [2.05, 4.69) is 68.0 Å². The maximum atomic E-state index is 5.93. The van der Waals surface area contributed by atoms with Crippen molar-refractivity contribution in [3.63, 3.8) is 0 Å². The second kappa shape index (κ2) is 5.89. The Kier molecular flexibility index (Phi) is 4.54. The summed E-state index contributed by atoms with van der Waals surface area (Å²) in [4.78, 5) is 2.25. The fourth-order valence-corrected chi connectivity index (χ4v) is 2.60. The molecule has 118 valence electrons. The number of aromatic nitrogens is 2. The molecule has 1 saturated heterocycles. The zero-order valence-corrected chi connectivity index (χ0v) is 14.1. The van der Waals surface area contributed by atoms with Crippen LogP contribution in [-0.2, 0) is 11.3 Å². The van der Waals surface area contributed by atoms with Gasteiger partial charge in [-0.05, 0) is 53.7 Å². The first kappa shape index (κ1) is 16.2. The van der Waals surface area contributed by atoms with Crippen molar-refractivity contribution >= 4 is 5.82 Å². The Morgan fingerprint density at radius 1 is 1.33 bits per heavy atom. The minimum atomic E-state index is -0.147. The number of nitrogens with zero attached hydrogens (tertiary/aromatic N) is 3. The molecule has 0 spiro atoms. The van der Waals surface area contributed by atoms with Gasteiger partial charge in [0.15, 0.2) is 5.82 Å². The van der Waals surface area contributed by atoms with Crippen molar-refractivity contribution in [2.24, 2.45) is 0 Å². The Balaban J connectivity index is 2.01. The normalized spacial score (nSPS) is 22.4. The SMILES string of the molecule is CC1CN(c2ccc(CNC(C)(C)C)nn2)CC(C)(C)O1. The van der Waals surface area contributed by atoms with Gasteiger partial charge in [0.05, 0.1) is 17.4 Å². The third-order valence-corrected chi connectivity index (χ3v) is 3.40. The molecule has 1 unspecified atom stereocenters. The maximum absolute atomic E-state index is 5.93. The summed E-state index contributed by atoms with van der Waals surface area (Å²) in [6.45, 7) is 15.2. The van der Waals surface area contributed by atoms with Crippen molar-refractivity contribution in [2.45, 2.75) is 65.3 Å². The summed E-state index contributed by atoms with van der Waals surface area (Å²) in [5, 5.41) is 12.1. The molecule has 0 aromatic carbocycles. The Labute approximate surface area is 128 Å². The third-order valence-electron chi connectivity index (χ3n) is 3.40. The van der Waals surface area contributed by atoms with Crippen molar-refractivity contribution in [3.05, 3.63) is 17.8 Å². The minimum Gasteiger partial charge on any atom is -0.369 e. The summed E-state index contributed by atoms with van der Waals surface area (Å²) in [7, 11) is 0. The van der Waals surface area contributed by atoms with Gasteiger partial charge >= 0.3 is 0 Å². The summed E-state index contributed by atoms with van der Waals surface area (Å²) >= 11 is 0. The van der Waals surface area contributed by atoms with Crippen LogP contribution in [0.3, 0.4) is 0 Å². The van der Waals surface area contributed by atoms with Crippen molar-refractivity contribution < 1.29 is 4.74 Å². The highest BCUT2D eigenvalue weighted by Crippen LogP contribution is 2.24. The first-order chi connectivity index (χ1) is 9.65. The van der Waals surface area contributed by atoms with Crippen LogP contribution in [0.15, 0.2) is 12.1 Å². The zero-order valence-electron chi connectivity index (χ0n) is 14.1. The van der Waals surface area contributed by atoms with E-state index in [0.717, 1.165) is 31.1 Å². The second-order valence-corrected chi connectivity index (χ2v) is 7.56. The molecule has 1 aromatic rings. The molecule has 5 nitrogen and oxygen atoms in total. The van der Waals surface area contributed by atoms with E-state index in [4.69, 9.17) is 4.74 Å². The Hall–Kier alpha value is -1.20. The average molecular weight is 292 g/mol. The van der Waals surface area contributed by atoms with Crippen molar-refractivity contribution in [3.8, 4) is 0 Å². The maximum Gasteiger partial charge on any atom is 0.151 e. The highest BCUT2D eigenvalue weighted by Gasteiger charge is 2.32. The largest absolute Gasteiger partial charge is 0.369 e. The molecule has 1 N–H and O–H groups in total. The van der Waals surface area contributed by atoms with E-state index < -0.39 is 0 Å². The molecule has 0 aliphatic carbocycles. The lowest BCUT2D eigenvalue weighted by molar-refractivity contribution is -0.0752. The van der Waals surface area contributed by atoms with E-state index in [1.54, 1.807) is 0 Å². The smallest absolute Gasteiger partial charge is 0.151 e. The van der Waals surface area contributed by atoms with Gasteiger partial charge in [-0.15, -0.1) is 5.10 Å². The summed E-state index contributed by atoms with van der Waals surface area (Å²) < 4.78 is 5.93. The number of morpholine rings is 1. The van der Waals surface area contributed by atoms with Crippen molar-refractivity contribution in [2.75, 3.05) is 18.0 Å². The molecule has 0 radical (unpaired) electrons. The van der Waals surface area contributed by atoms with Crippen LogP contribution in [0.25, 0.3) is 0 Å². The van der Waals surface area contributed by atoms with E-state index in [1.165, 1.54) is 0 Å². The molecular weight excluding hydrogens is 264 g/mol. The number of hydrogen-bond donors (Lipinski definition) is 1. The summed E-state index contributed by atoms with van der Waals surface area (Å²) in [6.07, 6.45) is 0.206. The lowest BCUT2D eigenvalue weighted by Crippen LogP contribution is -2.52. The molecule has 1 aliphatic heterocycles. The second-order valence-electron chi connectivity index (χ2n) is 7.56. The molecule has 2 rings (SSSR count). The molecule has 0 bridgehead atoms. The van der Waals surface area contributed by atoms with Gasteiger partial charge in [-0.2, -0.15) is 5.10 Å². The highest BCUT2D eigenvalue weighted by atomic mass is 16.5. The lowest BCUT2D eigenvalue weighted by Gasteiger charge is -2.42. The Morgan fingerprint density at radius 2 is 2.05 bits per heavy atom. The number of hydrogen-bond acceptors (Lipinski definition) is 5. The summed E-state index contributed by atoms with van der Waals surface area (Å²) in [5.41, 5.74) is 0.907. The quantitative estimate of drug-likeness (QED) is 0.927. The van der Waals surface area contributed by atoms with Gasteiger partial charge in [0.25, 0.3) is 0 Å². The molecule has 0 saturated carbocycles. The zero-order chi connectivity index (χ0) is 15.7. The topological polar surface area (TPSA) is 50.3 Å². The molecule has 1 atom stereocenters. The van der Waals surface area contributed by atoms with Crippen LogP contribution < -0.4 is 10.2 Å². The first-order valence-corrected chi connectivity index (χ1v) is 7.65. The van der Waals surface area contributed by atoms with E-state index in [-0.39, 0.29) is 17.2 Å². The van der Waals surface area contributed by atoms with Crippen LogP contribution in [0.1, 0.15) is 47.2 Å². The lowest BCUT2D eigenvalue weighted by atomic mass is 10.1. The predicted molar refractivity (Wildman–Crippen MR) is 85.5 cm³/mol. The molecule has 0 amide bonds. The molecule has 1 fully saturated rings. The average Bonchev–Trinajstić information content (AvgIpc) is 2.33. The molecule has 2 heterocycles. The highest BCUT2D eigenvalue weighted by molar-refractivity contribution is 5.38.